The van der Waals surface area contributed by atoms with Gasteiger partial charge >= 0.3 is 12.3 Å². The number of hydrogen-bond acceptors (Lipinski definition) is 7. The Morgan fingerprint density at radius 2 is 2.02 bits per heavy atom. The molecule has 1 spiro atoms. The van der Waals surface area contributed by atoms with Crippen molar-refractivity contribution in [3.8, 4) is 11.1 Å². The van der Waals surface area contributed by atoms with Crippen LogP contribution in [0, 0.1) is 0 Å². The van der Waals surface area contributed by atoms with E-state index in [1.165, 1.54) is 41.9 Å². The summed E-state index contributed by atoms with van der Waals surface area (Å²) in [6.45, 7) is 0.824. The first-order valence-corrected chi connectivity index (χ1v) is 15.1. The predicted molar refractivity (Wildman–Crippen MR) is 154 cm³/mol. The maximum atomic E-state index is 13.5. The summed E-state index contributed by atoms with van der Waals surface area (Å²) in [4.78, 5) is 29.0. The van der Waals surface area contributed by atoms with E-state index in [0.717, 1.165) is 53.1 Å². The van der Waals surface area contributed by atoms with Crippen LogP contribution in [-0.4, -0.2) is 71.1 Å². The summed E-state index contributed by atoms with van der Waals surface area (Å²) in [7, 11) is 0. The molecule has 1 aliphatic carbocycles. The van der Waals surface area contributed by atoms with E-state index in [1.54, 1.807) is 12.3 Å². The van der Waals surface area contributed by atoms with Crippen molar-refractivity contribution in [2.45, 2.75) is 68.9 Å². The number of rotatable bonds is 4. The number of carboxylic acid groups (broad SMARTS) is 1. The second-order valence-electron chi connectivity index (χ2n) is 11.3. The van der Waals surface area contributed by atoms with E-state index in [-0.39, 0.29) is 18.6 Å². The normalized spacial score (nSPS) is 22.9. The number of amides is 1. The van der Waals surface area contributed by atoms with E-state index in [2.05, 4.69) is 21.3 Å². The Balaban J connectivity index is 0.00000101. The van der Waals surface area contributed by atoms with Gasteiger partial charge in [-0.05, 0) is 68.4 Å². The Hall–Kier alpha value is -3.09. The predicted octanol–water partition coefficient (Wildman–Crippen LogP) is 6.24. The molecule has 2 N–H and O–H groups in total. The van der Waals surface area contributed by atoms with Crippen LogP contribution in [0.3, 0.4) is 0 Å². The highest BCUT2D eigenvalue weighted by Crippen LogP contribution is 2.47. The zero-order valence-electron chi connectivity index (χ0n) is 22.6. The van der Waals surface area contributed by atoms with Gasteiger partial charge in [0.05, 0.1) is 16.8 Å². The van der Waals surface area contributed by atoms with Gasteiger partial charge in [0.25, 0.3) is 6.47 Å². The molecular weight excluding hydrogens is 593 g/mol. The fourth-order valence-corrected chi connectivity index (χ4v) is 8.17. The molecule has 3 fully saturated rings. The van der Waals surface area contributed by atoms with Crippen LogP contribution < -0.4 is 10.2 Å². The quantitative estimate of drug-likeness (QED) is 0.333. The largest absolute Gasteiger partial charge is 0.483 e. The van der Waals surface area contributed by atoms with Crippen molar-refractivity contribution in [3.63, 3.8) is 0 Å². The number of ether oxygens (including phenoxy) is 1. The van der Waals surface area contributed by atoms with Crippen molar-refractivity contribution in [2.75, 3.05) is 24.6 Å². The first-order valence-electron chi connectivity index (χ1n) is 13.9. The van der Waals surface area contributed by atoms with Crippen LogP contribution >= 0.6 is 22.9 Å². The number of pyridine rings is 1. The number of benzene rings is 1. The summed E-state index contributed by atoms with van der Waals surface area (Å²) >= 11 is 8.02. The Morgan fingerprint density at radius 3 is 2.71 bits per heavy atom. The van der Waals surface area contributed by atoms with Gasteiger partial charge in [-0.3, -0.25) is 14.7 Å². The average Bonchev–Trinajstić information content (AvgIpc) is 3.65. The summed E-state index contributed by atoms with van der Waals surface area (Å²) in [5, 5.41) is 11.4. The summed E-state index contributed by atoms with van der Waals surface area (Å²) in [6, 6.07) is 6.27. The Labute approximate surface area is 249 Å². The number of carbonyl (C=O) groups excluding carboxylic acids is 1. The van der Waals surface area contributed by atoms with Crippen LogP contribution in [0.2, 0.25) is 5.02 Å². The van der Waals surface area contributed by atoms with Gasteiger partial charge in [0.2, 0.25) is 0 Å². The molecule has 4 aliphatic rings. The molecular formula is C29H30ClF3N4O4S. The SMILES string of the molecule is O=C1OC[C@@H](C(F)(F)F)N1Cc1cc2nccc(-c3cc(Cl)cc4c3N([C@@H]3CNC5(CCC5)C3)CCC4)c2s1.O=CO. The second kappa shape index (κ2) is 11.2. The highest BCUT2D eigenvalue weighted by atomic mass is 35.5. The molecule has 42 heavy (non-hydrogen) atoms. The van der Waals surface area contributed by atoms with Gasteiger partial charge in [0, 0.05) is 57.6 Å². The number of hydrogen-bond donors (Lipinski definition) is 2. The van der Waals surface area contributed by atoms with Gasteiger partial charge < -0.3 is 20.1 Å². The lowest BCUT2D eigenvalue weighted by Crippen LogP contribution is -2.46. The number of thiophene rings is 1. The molecule has 5 heterocycles. The number of alkyl halides is 3. The summed E-state index contributed by atoms with van der Waals surface area (Å²) in [5.74, 6) is 0. The van der Waals surface area contributed by atoms with Gasteiger partial charge in [-0.15, -0.1) is 11.3 Å². The molecule has 2 aromatic heterocycles. The third kappa shape index (κ3) is 5.28. The van der Waals surface area contributed by atoms with Crippen LogP contribution in [0.1, 0.15) is 42.5 Å². The molecule has 7 rings (SSSR count). The van der Waals surface area contributed by atoms with Crippen molar-refractivity contribution in [1.29, 1.82) is 0 Å². The van der Waals surface area contributed by atoms with Crippen molar-refractivity contribution in [1.82, 2.24) is 15.2 Å². The zero-order chi connectivity index (χ0) is 29.6. The number of cyclic esters (lactones) is 1. The van der Waals surface area contributed by atoms with Crippen LogP contribution in [0.15, 0.2) is 30.5 Å². The first-order chi connectivity index (χ1) is 20.1. The van der Waals surface area contributed by atoms with Crippen LogP contribution in [0.25, 0.3) is 21.3 Å². The molecule has 1 saturated carbocycles. The van der Waals surface area contributed by atoms with E-state index >= 15 is 0 Å². The Bertz CT molecular complexity index is 1510. The number of halogens is 4. The topological polar surface area (TPSA) is 95.0 Å². The molecule has 0 bridgehead atoms. The lowest BCUT2D eigenvalue weighted by atomic mass is 9.75. The number of nitrogens with one attached hydrogen (secondary N) is 1. The minimum Gasteiger partial charge on any atom is -0.483 e. The standard InChI is InChI=1S/C28H28ClF3N4O2S.CH2O2/c29-17-9-16-3-1-8-35(18-12-27(34-13-18)5-2-6-27)24(16)21(10-17)20-4-7-33-22-11-19(39-25(20)22)14-36-23(28(30,31)32)15-38-26(36)37;2-1-3/h4,7,9-11,18,23,34H,1-3,5-6,8,12-15H2;1H,(H,2,3)/t18-,23-;/m0./s1. The first kappa shape index (κ1) is 29.0. The third-order valence-corrected chi connectivity index (χ3v) is 10.2. The molecule has 3 aromatic rings. The molecule has 0 unspecified atom stereocenters. The fourth-order valence-electron chi connectivity index (χ4n) is 6.78. The van der Waals surface area contributed by atoms with Gasteiger partial charge in [-0.2, -0.15) is 13.2 Å². The minimum atomic E-state index is -4.55. The van der Waals surface area contributed by atoms with E-state index < -0.39 is 24.9 Å². The summed E-state index contributed by atoms with van der Waals surface area (Å²) < 4.78 is 46.1. The minimum absolute atomic E-state index is 0.181. The van der Waals surface area contributed by atoms with Crippen molar-refractivity contribution in [3.05, 3.63) is 45.9 Å². The monoisotopic (exact) mass is 622 g/mol. The third-order valence-electron chi connectivity index (χ3n) is 8.81. The average molecular weight is 623 g/mol. The van der Waals surface area contributed by atoms with E-state index in [4.69, 9.17) is 26.2 Å². The summed E-state index contributed by atoms with van der Waals surface area (Å²) in [6.07, 6.45) is 3.14. The van der Waals surface area contributed by atoms with Crippen LogP contribution in [0.4, 0.5) is 23.7 Å². The van der Waals surface area contributed by atoms with Crippen molar-refractivity contribution in [2.24, 2.45) is 0 Å². The van der Waals surface area contributed by atoms with Crippen LogP contribution in [0.5, 0.6) is 0 Å². The highest BCUT2D eigenvalue weighted by Gasteiger charge is 2.51. The number of aromatic nitrogens is 1. The maximum Gasteiger partial charge on any atom is 0.412 e. The number of nitrogens with zero attached hydrogens (tertiary/aromatic N) is 3. The number of fused-ring (bicyclic) bond motifs is 2. The lowest BCUT2D eigenvalue weighted by molar-refractivity contribution is -0.171. The highest BCUT2D eigenvalue weighted by molar-refractivity contribution is 7.19. The second-order valence-corrected chi connectivity index (χ2v) is 12.9. The molecule has 224 valence electrons. The Morgan fingerprint density at radius 1 is 1.24 bits per heavy atom. The lowest BCUT2D eigenvalue weighted by Gasteiger charge is -2.41. The van der Waals surface area contributed by atoms with Gasteiger partial charge in [-0.1, -0.05) is 11.6 Å². The molecule has 8 nitrogen and oxygen atoms in total. The molecule has 1 amide bonds. The Kier molecular flexibility index (Phi) is 7.73. The number of carbonyl (C=O) groups is 2. The fraction of sp³-hybridized carbons (Fsp3) is 0.483. The molecule has 3 aliphatic heterocycles. The molecule has 2 saturated heterocycles. The zero-order valence-corrected chi connectivity index (χ0v) is 24.2. The summed E-state index contributed by atoms with van der Waals surface area (Å²) in [5.41, 5.74) is 5.40. The maximum absolute atomic E-state index is 13.5. The van der Waals surface area contributed by atoms with Gasteiger partial charge in [0.1, 0.15) is 6.61 Å². The number of anilines is 1. The van der Waals surface area contributed by atoms with Crippen molar-refractivity contribution >= 4 is 51.4 Å². The van der Waals surface area contributed by atoms with Crippen LogP contribution in [-0.2, 0) is 22.5 Å². The number of aryl methyl sites for hydroxylation is 1. The van der Waals surface area contributed by atoms with E-state index in [1.807, 2.05) is 12.1 Å². The smallest absolute Gasteiger partial charge is 0.412 e. The molecule has 1 aromatic carbocycles. The molecule has 2 atom stereocenters. The van der Waals surface area contributed by atoms with E-state index in [0.29, 0.717) is 21.5 Å². The molecule has 0 radical (unpaired) electrons. The van der Waals surface area contributed by atoms with E-state index in [9.17, 15) is 18.0 Å². The van der Waals surface area contributed by atoms with Crippen molar-refractivity contribution < 1.29 is 32.6 Å². The van der Waals surface area contributed by atoms with Gasteiger partial charge in [-0.25, -0.2) is 4.79 Å². The molecule has 13 heteroatoms. The van der Waals surface area contributed by atoms with Gasteiger partial charge in [0.15, 0.2) is 6.04 Å².